The molecule has 134 valence electrons. The average molecular weight is 351 g/mol. The number of rotatable bonds is 3. The Hall–Kier alpha value is -2.69. The molecule has 2 heterocycles. The molecule has 2 aliphatic heterocycles. The van der Waals surface area contributed by atoms with Gasteiger partial charge in [0, 0.05) is 30.7 Å². The molecule has 5 heteroatoms. The molecule has 26 heavy (non-hydrogen) atoms. The summed E-state index contributed by atoms with van der Waals surface area (Å²) in [5.41, 5.74) is 3.32. The maximum absolute atomic E-state index is 13.3. The van der Waals surface area contributed by atoms with E-state index in [-0.39, 0.29) is 11.7 Å². The summed E-state index contributed by atoms with van der Waals surface area (Å²) in [4.78, 5) is 19.0. The highest BCUT2D eigenvalue weighted by atomic mass is 19.1. The summed E-state index contributed by atoms with van der Waals surface area (Å²) in [7, 11) is 0. The molecule has 4 rings (SSSR count). The molecule has 1 amide bonds. The van der Waals surface area contributed by atoms with E-state index in [4.69, 9.17) is 0 Å². The molecule has 4 nitrogen and oxygen atoms in total. The number of carbonyl (C=O) groups is 1. The first-order valence-corrected chi connectivity index (χ1v) is 9.09. The van der Waals surface area contributed by atoms with Crippen LogP contribution in [0.25, 0.3) is 0 Å². The van der Waals surface area contributed by atoms with E-state index in [1.807, 2.05) is 12.1 Å². The number of anilines is 2. The molecule has 0 saturated carbocycles. The predicted octanol–water partition coefficient (Wildman–Crippen LogP) is 4.50. The maximum atomic E-state index is 13.3. The van der Waals surface area contributed by atoms with Crippen molar-refractivity contribution in [2.75, 3.05) is 23.3 Å². The molecule has 2 aromatic rings. The lowest BCUT2D eigenvalue weighted by atomic mass is 10.00. The Morgan fingerprint density at radius 3 is 2.81 bits per heavy atom. The fourth-order valence-corrected chi connectivity index (χ4v) is 3.74. The van der Waals surface area contributed by atoms with Crippen LogP contribution in [0.5, 0.6) is 0 Å². The molecule has 0 radical (unpaired) electrons. The second kappa shape index (κ2) is 6.90. The van der Waals surface area contributed by atoms with Crippen molar-refractivity contribution in [3.05, 3.63) is 53.8 Å². The number of fused-ring (bicyclic) bond motifs is 1. The third-order valence-electron chi connectivity index (χ3n) is 5.14. The Morgan fingerprint density at radius 1 is 1.23 bits per heavy atom. The number of hydrogen-bond donors (Lipinski definition) is 1. The van der Waals surface area contributed by atoms with Crippen LogP contribution in [0.1, 0.15) is 31.2 Å². The molecule has 2 aromatic carbocycles. The number of carbonyl (C=O) groups excluding carboxylic acids is 1. The molecular weight excluding hydrogens is 329 g/mol. The summed E-state index contributed by atoms with van der Waals surface area (Å²) < 4.78 is 13.3. The van der Waals surface area contributed by atoms with E-state index in [2.05, 4.69) is 34.3 Å². The van der Waals surface area contributed by atoms with Crippen molar-refractivity contribution in [3.8, 4) is 0 Å². The summed E-state index contributed by atoms with van der Waals surface area (Å²) in [6.45, 7) is 4.49. The molecular formula is C21H22FN3O. The summed E-state index contributed by atoms with van der Waals surface area (Å²) >= 11 is 0. The summed E-state index contributed by atoms with van der Waals surface area (Å²) in [6.07, 6.45) is 4.17. The number of piperidine rings is 1. The van der Waals surface area contributed by atoms with E-state index in [0.717, 1.165) is 30.3 Å². The van der Waals surface area contributed by atoms with Crippen LogP contribution >= 0.6 is 0 Å². The van der Waals surface area contributed by atoms with Gasteiger partial charge in [-0.25, -0.2) is 4.39 Å². The minimum Gasteiger partial charge on any atom is -0.371 e. The molecule has 0 bridgehead atoms. The molecule has 0 spiro atoms. The van der Waals surface area contributed by atoms with E-state index in [9.17, 15) is 9.18 Å². The van der Waals surface area contributed by atoms with Gasteiger partial charge in [-0.05, 0) is 60.7 Å². The van der Waals surface area contributed by atoms with E-state index in [0.29, 0.717) is 5.69 Å². The van der Waals surface area contributed by atoms with Crippen molar-refractivity contribution in [2.24, 2.45) is 10.9 Å². The lowest BCUT2D eigenvalue weighted by Gasteiger charge is -2.32. The third-order valence-corrected chi connectivity index (χ3v) is 5.14. The van der Waals surface area contributed by atoms with Crippen molar-refractivity contribution in [1.29, 1.82) is 0 Å². The Kier molecular flexibility index (Phi) is 4.45. The van der Waals surface area contributed by atoms with Gasteiger partial charge in [-0.3, -0.25) is 9.79 Å². The summed E-state index contributed by atoms with van der Waals surface area (Å²) in [5.74, 6) is -0.280. The standard InChI is InChI=1S/C21H22FN3O/c1-14-3-2-10-25(13-14)17-7-5-16(6-8-17)23-12-19-18-9-4-15(22)11-20(18)24-21(19)26/h4-9,11-12,14,19H,2-3,10,13H2,1H3,(H,24,26). The average Bonchev–Trinajstić information content (AvgIpc) is 2.94. The first-order chi connectivity index (χ1) is 12.6. The van der Waals surface area contributed by atoms with Crippen LogP contribution in [0.3, 0.4) is 0 Å². The summed E-state index contributed by atoms with van der Waals surface area (Å²) in [6, 6.07) is 12.5. The number of benzene rings is 2. The molecule has 1 N–H and O–H groups in total. The highest BCUT2D eigenvalue weighted by molar-refractivity contribution is 6.12. The van der Waals surface area contributed by atoms with E-state index < -0.39 is 5.92 Å². The Morgan fingerprint density at radius 2 is 2.04 bits per heavy atom. The molecule has 2 unspecified atom stereocenters. The van der Waals surface area contributed by atoms with Crippen LogP contribution in [0.15, 0.2) is 47.5 Å². The SMILES string of the molecule is CC1CCCN(c2ccc(N=CC3C(=O)Nc4cc(F)ccc43)cc2)C1. The van der Waals surface area contributed by atoms with Crippen LogP contribution in [0.4, 0.5) is 21.5 Å². The van der Waals surface area contributed by atoms with E-state index >= 15 is 0 Å². The number of amides is 1. The van der Waals surface area contributed by atoms with Crippen LogP contribution in [0.2, 0.25) is 0 Å². The first-order valence-electron chi connectivity index (χ1n) is 9.09. The zero-order chi connectivity index (χ0) is 18.1. The van der Waals surface area contributed by atoms with Crippen LogP contribution in [-0.2, 0) is 4.79 Å². The van der Waals surface area contributed by atoms with Crippen molar-refractivity contribution < 1.29 is 9.18 Å². The number of nitrogens with one attached hydrogen (secondary N) is 1. The second-order valence-corrected chi connectivity index (χ2v) is 7.19. The Labute approximate surface area is 152 Å². The Bertz CT molecular complexity index is 847. The quantitative estimate of drug-likeness (QED) is 0.828. The van der Waals surface area contributed by atoms with Gasteiger partial charge in [-0.15, -0.1) is 0 Å². The van der Waals surface area contributed by atoms with E-state index in [1.54, 1.807) is 12.3 Å². The molecule has 0 aliphatic carbocycles. The number of hydrogen-bond acceptors (Lipinski definition) is 3. The molecule has 0 aromatic heterocycles. The first kappa shape index (κ1) is 16.8. The number of nitrogens with zero attached hydrogens (tertiary/aromatic N) is 2. The number of aliphatic imine (C=N–C) groups is 1. The fraction of sp³-hybridized carbons (Fsp3) is 0.333. The largest absolute Gasteiger partial charge is 0.371 e. The van der Waals surface area contributed by atoms with Crippen LogP contribution in [-0.4, -0.2) is 25.2 Å². The minimum atomic E-state index is -0.478. The van der Waals surface area contributed by atoms with Gasteiger partial charge in [-0.2, -0.15) is 0 Å². The molecule has 2 aliphatic rings. The minimum absolute atomic E-state index is 0.173. The highest BCUT2D eigenvalue weighted by Crippen LogP contribution is 2.32. The smallest absolute Gasteiger partial charge is 0.237 e. The lowest BCUT2D eigenvalue weighted by Crippen LogP contribution is -2.34. The third kappa shape index (κ3) is 3.34. The van der Waals surface area contributed by atoms with Crippen LogP contribution < -0.4 is 10.2 Å². The van der Waals surface area contributed by atoms with Gasteiger partial charge in [0.25, 0.3) is 0 Å². The predicted molar refractivity (Wildman–Crippen MR) is 103 cm³/mol. The van der Waals surface area contributed by atoms with Gasteiger partial charge in [-0.1, -0.05) is 13.0 Å². The van der Waals surface area contributed by atoms with E-state index in [1.165, 1.54) is 30.7 Å². The fourth-order valence-electron chi connectivity index (χ4n) is 3.74. The Balaban J connectivity index is 1.48. The van der Waals surface area contributed by atoms with Gasteiger partial charge in [0.1, 0.15) is 11.7 Å². The zero-order valence-corrected chi connectivity index (χ0v) is 14.8. The van der Waals surface area contributed by atoms with Crippen molar-refractivity contribution >= 4 is 29.2 Å². The van der Waals surface area contributed by atoms with Gasteiger partial charge in [0.05, 0.1) is 5.69 Å². The highest BCUT2D eigenvalue weighted by Gasteiger charge is 2.29. The zero-order valence-electron chi connectivity index (χ0n) is 14.8. The maximum Gasteiger partial charge on any atom is 0.237 e. The van der Waals surface area contributed by atoms with Gasteiger partial charge in [0.15, 0.2) is 0 Å². The van der Waals surface area contributed by atoms with Crippen molar-refractivity contribution in [2.45, 2.75) is 25.7 Å². The van der Waals surface area contributed by atoms with Gasteiger partial charge in [0.2, 0.25) is 5.91 Å². The molecule has 1 saturated heterocycles. The molecule has 2 atom stereocenters. The second-order valence-electron chi connectivity index (χ2n) is 7.19. The lowest BCUT2D eigenvalue weighted by molar-refractivity contribution is -0.115. The number of halogens is 1. The van der Waals surface area contributed by atoms with Crippen molar-refractivity contribution in [1.82, 2.24) is 0 Å². The van der Waals surface area contributed by atoms with Gasteiger partial charge >= 0.3 is 0 Å². The summed E-state index contributed by atoms with van der Waals surface area (Å²) in [5, 5.41) is 2.70. The topological polar surface area (TPSA) is 44.7 Å². The normalized spacial score (nSPS) is 22.5. The molecule has 1 fully saturated rings. The van der Waals surface area contributed by atoms with Gasteiger partial charge < -0.3 is 10.2 Å². The van der Waals surface area contributed by atoms with Crippen LogP contribution in [0, 0.1) is 11.7 Å². The van der Waals surface area contributed by atoms with Crippen molar-refractivity contribution in [3.63, 3.8) is 0 Å². The monoisotopic (exact) mass is 351 g/mol.